The van der Waals surface area contributed by atoms with Gasteiger partial charge in [0.1, 0.15) is 22.7 Å². The number of hydrogen-bond donors (Lipinski definition) is 0. The molecular formula is C70H45NO2. The van der Waals surface area contributed by atoms with Gasteiger partial charge in [0.2, 0.25) is 0 Å². The molecule has 0 saturated heterocycles. The van der Waals surface area contributed by atoms with Gasteiger partial charge >= 0.3 is 0 Å². The Hall–Kier alpha value is -9.18. The average molecular weight is 932 g/mol. The maximum absolute atomic E-state index is 6.73. The smallest absolute Gasteiger partial charge is 0.136 e. The van der Waals surface area contributed by atoms with Crippen molar-refractivity contribution in [1.82, 2.24) is 0 Å². The van der Waals surface area contributed by atoms with Gasteiger partial charge in [-0.1, -0.05) is 184 Å². The van der Waals surface area contributed by atoms with E-state index in [1.165, 1.54) is 77.9 Å². The standard InChI is InChI=1S/C70H45NO2/c1-69(2)59-25-11-5-20-49(59)52-36-33-43(38-62(52)69)71(42-31-34-47-53-22-8-14-28-65(53)72-66-29-15-9-23-54(66)56(47)37-42)44-32-35-51-46-18-4-3-17-45(46)48-19-6-12-26-60(48)70(63(51)39-44)61-27-13-7-21-50(61)57-41-68-58(40-64(57)70)55-24-10-16-30-67(55)73-68/h3-41H,1-2H3. The maximum Gasteiger partial charge on any atom is 0.136 e. The summed E-state index contributed by atoms with van der Waals surface area (Å²) in [7, 11) is 0. The van der Waals surface area contributed by atoms with Crippen LogP contribution >= 0.6 is 0 Å². The van der Waals surface area contributed by atoms with E-state index in [4.69, 9.17) is 9.15 Å². The molecule has 16 rings (SSSR count). The quantitative estimate of drug-likeness (QED) is 0.177. The fourth-order valence-electron chi connectivity index (χ4n) is 13.5. The highest BCUT2D eigenvalue weighted by atomic mass is 16.5. The minimum atomic E-state index is -0.722. The SMILES string of the molecule is CC1(C)c2ccccc2-c2ccc(N(c3ccc4c(c3)-c3ccccc3Oc3ccccc3-4)c3ccc4c(c3)C3(c5ccccc5-c5ccccc5-4)c4ccccc4-c4cc5oc6ccccc6c5cc43)cc21. The molecule has 342 valence electrons. The van der Waals surface area contributed by atoms with Crippen LogP contribution in [-0.4, -0.2) is 0 Å². The van der Waals surface area contributed by atoms with Crippen LogP contribution in [0.25, 0.3) is 88.7 Å². The summed E-state index contributed by atoms with van der Waals surface area (Å²) in [6, 6.07) is 87.8. The Morgan fingerprint density at radius 1 is 0.288 bits per heavy atom. The fraction of sp³-hybridized carbons (Fsp3) is 0.0571. The summed E-state index contributed by atoms with van der Waals surface area (Å²) < 4.78 is 13.4. The van der Waals surface area contributed by atoms with Crippen molar-refractivity contribution in [3.63, 3.8) is 0 Å². The second-order valence-electron chi connectivity index (χ2n) is 20.7. The molecule has 3 nitrogen and oxygen atoms in total. The van der Waals surface area contributed by atoms with E-state index < -0.39 is 5.41 Å². The second-order valence-corrected chi connectivity index (χ2v) is 20.7. The van der Waals surface area contributed by atoms with E-state index in [0.717, 1.165) is 72.8 Å². The Bertz CT molecular complexity index is 4360. The number of para-hydroxylation sites is 3. The molecule has 4 aliphatic rings. The maximum atomic E-state index is 6.73. The first kappa shape index (κ1) is 40.5. The lowest BCUT2D eigenvalue weighted by Gasteiger charge is -2.36. The molecule has 0 saturated carbocycles. The highest BCUT2D eigenvalue weighted by Gasteiger charge is 2.50. The van der Waals surface area contributed by atoms with E-state index in [9.17, 15) is 0 Å². The summed E-state index contributed by atoms with van der Waals surface area (Å²) in [5.41, 5.74) is 26.1. The third-order valence-corrected chi connectivity index (χ3v) is 16.7. The summed E-state index contributed by atoms with van der Waals surface area (Å²) in [5.74, 6) is 1.70. The third-order valence-electron chi connectivity index (χ3n) is 16.7. The van der Waals surface area contributed by atoms with Gasteiger partial charge in [-0.05, 0) is 156 Å². The zero-order valence-electron chi connectivity index (χ0n) is 40.3. The third kappa shape index (κ3) is 5.43. The average Bonchev–Trinajstić information content (AvgIpc) is 3.96. The summed E-state index contributed by atoms with van der Waals surface area (Å²) in [4.78, 5) is 2.51. The minimum Gasteiger partial charge on any atom is -0.456 e. The molecular weight excluding hydrogens is 887 g/mol. The van der Waals surface area contributed by atoms with E-state index in [2.05, 4.69) is 255 Å². The van der Waals surface area contributed by atoms with Crippen LogP contribution in [0.2, 0.25) is 0 Å². The van der Waals surface area contributed by atoms with Crippen LogP contribution in [0.5, 0.6) is 11.5 Å². The van der Waals surface area contributed by atoms with Gasteiger partial charge in [0, 0.05) is 44.4 Å². The van der Waals surface area contributed by atoms with Crippen LogP contribution in [0.4, 0.5) is 17.1 Å². The van der Waals surface area contributed by atoms with Crippen molar-refractivity contribution in [2.75, 3.05) is 4.90 Å². The number of rotatable bonds is 3. The van der Waals surface area contributed by atoms with Crippen LogP contribution < -0.4 is 9.64 Å². The first-order valence-electron chi connectivity index (χ1n) is 25.4. The summed E-state index contributed by atoms with van der Waals surface area (Å²) in [5, 5.41) is 2.24. The molecule has 3 heteroatoms. The zero-order chi connectivity index (χ0) is 48.2. The van der Waals surface area contributed by atoms with Crippen molar-refractivity contribution in [2.24, 2.45) is 0 Å². The molecule has 3 aliphatic carbocycles. The Labute approximate surface area is 423 Å². The normalized spacial score (nSPS) is 15.5. The monoisotopic (exact) mass is 931 g/mol. The van der Waals surface area contributed by atoms with E-state index in [1.807, 2.05) is 0 Å². The van der Waals surface area contributed by atoms with E-state index >= 15 is 0 Å². The van der Waals surface area contributed by atoms with Crippen LogP contribution in [0.3, 0.4) is 0 Å². The minimum absolute atomic E-state index is 0.202. The van der Waals surface area contributed by atoms with Gasteiger partial charge in [-0.15, -0.1) is 0 Å². The van der Waals surface area contributed by atoms with Gasteiger partial charge in [0.15, 0.2) is 0 Å². The van der Waals surface area contributed by atoms with Crippen LogP contribution in [0.15, 0.2) is 241 Å². The van der Waals surface area contributed by atoms with Crippen LogP contribution in [0, 0.1) is 0 Å². The lowest BCUT2D eigenvalue weighted by atomic mass is 9.65. The Kier molecular flexibility index (Phi) is 8.16. The van der Waals surface area contributed by atoms with Crippen molar-refractivity contribution < 1.29 is 9.15 Å². The molecule has 1 spiro atoms. The second kappa shape index (κ2) is 14.7. The molecule has 1 atom stereocenters. The van der Waals surface area contributed by atoms with Gasteiger partial charge in [0.25, 0.3) is 0 Å². The number of nitrogens with zero attached hydrogens (tertiary/aromatic N) is 1. The largest absolute Gasteiger partial charge is 0.456 e. The molecule has 1 aliphatic heterocycles. The van der Waals surface area contributed by atoms with Crippen molar-refractivity contribution >= 4 is 39.0 Å². The van der Waals surface area contributed by atoms with E-state index in [1.54, 1.807) is 0 Å². The molecule has 0 radical (unpaired) electrons. The highest BCUT2D eigenvalue weighted by molar-refractivity contribution is 6.09. The van der Waals surface area contributed by atoms with Gasteiger partial charge < -0.3 is 14.1 Å². The van der Waals surface area contributed by atoms with Crippen LogP contribution in [-0.2, 0) is 10.8 Å². The predicted octanol–water partition coefficient (Wildman–Crippen LogP) is 18.8. The molecule has 0 amide bonds. The number of benzene rings is 11. The lowest BCUT2D eigenvalue weighted by Crippen LogP contribution is -2.29. The zero-order valence-corrected chi connectivity index (χ0v) is 40.3. The molecule has 1 aromatic heterocycles. The molecule has 73 heavy (non-hydrogen) atoms. The van der Waals surface area contributed by atoms with Gasteiger partial charge in [-0.3, -0.25) is 0 Å². The molecule has 12 aromatic rings. The fourth-order valence-corrected chi connectivity index (χ4v) is 13.5. The van der Waals surface area contributed by atoms with E-state index in [0.29, 0.717) is 0 Å². The molecule has 11 aromatic carbocycles. The first-order chi connectivity index (χ1) is 35.9. The summed E-state index contributed by atoms with van der Waals surface area (Å²) >= 11 is 0. The number of anilines is 3. The summed E-state index contributed by atoms with van der Waals surface area (Å²) in [6.07, 6.45) is 0. The Balaban J connectivity index is 1.02. The molecule has 0 fully saturated rings. The molecule has 0 N–H and O–H groups in total. The van der Waals surface area contributed by atoms with Crippen molar-refractivity contribution in [1.29, 1.82) is 0 Å². The molecule has 0 bridgehead atoms. The Morgan fingerprint density at radius 3 is 1.40 bits per heavy atom. The first-order valence-corrected chi connectivity index (χ1v) is 25.4. The molecule has 2 heterocycles. The highest BCUT2D eigenvalue weighted by Crippen LogP contribution is 2.63. The van der Waals surface area contributed by atoms with Gasteiger partial charge in [-0.2, -0.15) is 0 Å². The lowest BCUT2D eigenvalue weighted by molar-refractivity contribution is 0.488. The molecule has 1 unspecified atom stereocenters. The number of fused-ring (bicyclic) bond motifs is 23. The van der Waals surface area contributed by atoms with Gasteiger partial charge in [0.05, 0.1) is 5.41 Å². The summed E-state index contributed by atoms with van der Waals surface area (Å²) in [6.45, 7) is 4.75. The van der Waals surface area contributed by atoms with Crippen molar-refractivity contribution in [3.05, 3.63) is 270 Å². The Morgan fingerprint density at radius 2 is 0.726 bits per heavy atom. The van der Waals surface area contributed by atoms with E-state index in [-0.39, 0.29) is 5.41 Å². The van der Waals surface area contributed by atoms with Crippen LogP contribution in [0.1, 0.15) is 47.2 Å². The predicted molar refractivity (Wildman–Crippen MR) is 299 cm³/mol. The van der Waals surface area contributed by atoms with Crippen molar-refractivity contribution in [2.45, 2.75) is 24.7 Å². The number of ether oxygens (including phenoxy) is 1. The number of furan rings is 1. The number of hydrogen-bond acceptors (Lipinski definition) is 3. The van der Waals surface area contributed by atoms with Crippen molar-refractivity contribution in [3.8, 4) is 78.3 Å². The topological polar surface area (TPSA) is 25.6 Å². The van der Waals surface area contributed by atoms with Gasteiger partial charge in [-0.25, -0.2) is 0 Å².